The largest absolute Gasteiger partial charge is 0.370 e. The highest BCUT2D eigenvalue weighted by Crippen LogP contribution is 2.34. The second kappa shape index (κ2) is 7.04. The van der Waals surface area contributed by atoms with Crippen LogP contribution in [0, 0.1) is 6.92 Å². The van der Waals surface area contributed by atoms with Gasteiger partial charge in [-0.15, -0.1) is 10.2 Å². The molecule has 6 nitrogen and oxygen atoms in total. The number of anilines is 2. The first-order valence-electron chi connectivity index (χ1n) is 6.85. The van der Waals surface area contributed by atoms with Gasteiger partial charge in [0.25, 0.3) is 0 Å². The Morgan fingerprint density at radius 1 is 1.19 bits per heavy atom. The maximum Gasteiger partial charge on any atom is 0.208 e. The van der Waals surface area contributed by atoms with Crippen LogP contribution in [0.5, 0.6) is 0 Å². The summed E-state index contributed by atoms with van der Waals surface area (Å²) in [7, 11) is 3.92. The van der Waals surface area contributed by atoms with Gasteiger partial charge in [-0.1, -0.05) is 18.3 Å². The first-order chi connectivity index (χ1) is 10.0. The number of hydrogen-bond donors (Lipinski definition) is 1. The average molecular weight is 324 g/mol. The number of nitrogens with zero attached hydrogens (tertiary/aromatic N) is 5. The topological polar surface area (TPSA) is 66.8 Å². The number of aryl methyl sites for hydroxylation is 1. The van der Waals surface area contributed by atoms with E-state index in [1.165, 1.54) is 0 Å². The van der Waals surface area contributed by atoms with Crippen LogP contribution in [0.1, 0.15) is 25.2 Å². The van der Waals surface area contributed by atoms with Crippen LogP contribution < -0.4 is 10.2 Å². The van der Waals surface area contributed by atoms with Gasteiger partial charge in [0.05, 0.1) is 0 Å². The number of nitrogens with one attached hydrogen (secondary N) is 1. The Morgan fingerprint density at radius 3 is 2.52 bits per heavy atom. The van der Waals surface area contributed by atoms with E-state index in [0.29, 0.717) is 0 Å². The van der Waals surface area contributed by atoms with E-state index in [9.17, 15) is 0 Å². The molecule has 0 unspecified atom stereocenters. The molecule has 0 aliphatic rings. The van der Waals surface area contributed by atoms with Crippen LogP contribution in [-0.4, -0.2) is 40.8 Å². The zero-order valence-electron chi connectivity index (χ0n) is 13.0. The summed E-state index contributed by atoms with van der Waals surface area (Å²) in [5.74, 6) is 1.75. The molecule has 0 aliphatic carbocycles. The maximum atomic E-state index is 4.62. The third kappa shape index (κ3) is 3.82. The minimum Gasteiger partial charge on any atom is -0.370 e. The van der Waals surface area contributed by atoms with Crippen LogP contribution in [0.4, 0.5) is 10.9 Å². The molecule has 21 heavy (non-hydrogen) atoms. The summed E-state index contributed by atoms with van der Waals surface area (Å²) in [4.78, 5) is 11.1. The smallest absolute Gasteiger partial charge is 0.208 e. The molecule has 2 aromatic heterocycles. The molecule has 0 aromatic carbocycles. The molecule has 0 fully saturated rings. The molecule has 0 aliphatic heterocycles. The van der Waals surface area contributed by atoms with Gasteiger partial charge in [0.15, 0.2) is 4.34 Å². The van der Waals surface area contributed by atoms with E-state index in [-0.39, 0.29) is 0 Å². The SMILES string of the molecule is CCNc1nc(CC)nc(Sc2nnc(N(C)C)s2)c1C. The zero-order valence-corrected chi connectivity index (χ0v) is 14.6. The van der Waals surface area contributed by atoms with E-state index in [2.05, 4.69) is 39.3 Å². The summed E-state index contributed by atoms with van der Waals surface area (Å²) in [6.45, 7) is 7.00. The molecule has 114 valence electrons. The Balaban J connectivity index is 2.31. The highest BCUT2D eigenvalue weighted by molar-refractivity contribution is 8.01. The second-order valence-corrected chi connectivity index (χ2v) is 6.84. The quantitative estimate of drug-likeness (QED) is 0.819. The van der Waals surface area contributed by atoms with Gasteiger partial charge >= 0.3 is 0 Å². The fraction of sp³-hybridized carbons (Fsp3) is 0.538. The Morgan fingerprint density at radius 2 is 1.95 bits per heavy atom. The molecule has 2 heterocycles. The molecule has 0 amide bonds. The van der Waals surface area contributed by atoms with Crippen molar-refractivity contribution in [3.05, 3.63) is 11.4 Å². The van der Waals surface area contributed by atoms with E-state index >= 15 is 0 Å². The fourth-order valence-corrected chi connectivity index (χ4v) is 3.42. The maximum absolute atomic E-state index is 4.62. The van der Waals surface area contributed by atoms with Crippen LogP contribution in [0.15, 0.2) is 9.37 Å². The third-order valence-electron chi connectivity index (χ3n) is 2.77. The lowest BCUT2D eigenvalue weighted by Crippen LogP contribution is -2.07. The Bertz CT molecular complexity index is 611. The minimum atomic E-state index is 0.811. The summed E-state index contributed by atoms with van der Waals surface area (Å²) in [5.41, 5.74) is 1.06. The summed E-state index contributed by atoms with van der Waals surface area (Å²) >= 11 is 3.11. The van der Waals surface area contributed by atoms with Crippen LogP contribution in [0.3, 0.4) is 0 Å². The van der Waals surface area contributed by atoms with E-state index in [4.69, 9.17) is 0 Å². The van der Waals surface area contributed by atoms with E-state index in [1.807, 2.05) is 25.9 Å². The van der Waals surface area contributed by atoms with Gasteiger partial charge in [0, 0.05) is 32.6 Å². The highest BCUT2D eigenvalue weighted by Gasteiger charge is 2.14. The van der Waals surface area contributed by atoms with Gasteiger partial charge in [-0.3, -0.25) is 0 Å². The van der Waals surface area contributed by atoms with Crippen molar-refractivity contribution in [3.8, 4) is 0 Å². The van der Waals surface area contributed by atoms with Gasteiger partial charge in [-0.05, 0) is 25.6 Å². The molecule has 2 aromatic rings. The van der Waals surface area contributed by atoms with Gasteiger partial charge in [-0.2, -0.15) is 0 Å². The van der Waals surface area contributed by atoms with Crippen molar-refractivity contribution >= 4 is 34.0 Å². The molecule has 0 atom stereocenters. The molecule has 8 heteroatoms. The van der Waals surface area contributed by atoms with E-state index in [0.717, 1.165) is 44.7 Å². The average Bonchev–Trinajstić information content (AvgIpc) is 2.92. The summed E-state index contributed by atoms with van der Waals surface area (Å²) in [5, 5.41) is 13.5. The van der Waals surface area contributed by atoms with Gasteiger partial charge in [0.2, 0.25) is 5.13 Å². The summed E-state index contributed by atoms with van der Waals surface area (Å²) in [6, 6.07) is 0. The number of hydrogen-bond acceptors (Lipinski definition) is 8. The molecule has 0 bridgehead atoms. The molecule has 0 saturated carbocycles. The van der Waals surface area contributed by atoms with Crippen LogP contribution in [0.2, 0.25) is 0 Å². The molecule has 0 spiro atoms. The lowest BCUT2D eigenvalue weighted by atomic mass is 10.3. The standard InChI is InChI=1S/C13H20N6S2/c1-6-9-15-10(14-7-2)8(3)11(16-9)20-13-18-17-12(21-13)19(4)5/h6-7H2,1-5H3,(H,14,15,16). The monoisotopic (exact) mass is 324 g/mol. The fourth-order valence-electron chi connectivity index (χ4n) is 1.64. The van der Waals surface area contributed by atoms with Gasteiger partial charge in [-0.25, -0.2) is 9.97 Å². The van der Waals surface area contributed by atoms with Crippen molar-refractivity contribution in [1.82, 2.24) is 20.2 Å². The molecule has 0 radical (unpaired) electrons. The Labute approximate surface area is 133 Å². The third-order valence-corrected chi connectivity index (χ3v) is 5.00. The Hall–Kier alpha value is -1.41. The van der Waals surface area contributed by atoms with Crippen LogP contribution in [-0.2, 0) is 6.42 Å². The lowest BCUT2D eigenvalue weighted by molar-refractivity contribution is 0.868. The van der Waals surface area contributed by atoms with Gasteiger partial charge < -0.3 is 10.2 Å². The molecule has 2 rings (SSSR count). The van der Waals surface area contributed by atoms with Crippen LogP contribution in [0.25, 0.3) is 0 Å². The molecule has 1 N–H and O–H groups in total. The molecular formula is C13H20N6S2. The normalized spacial score (nSPS) is 10.7. The second-order valence-electron chi connectivity index (χ2n) is 4.65. The van der Waals surface area contributed by atoms with Crippen molar-refractivity contribution in [2.24, 2.45) is 0 Å². The number of rotatable bonds is 6. The van der Waals surface area contributed by atoms with Gasteiger partial charge in [0.1, 0.15) is 16.7 Å². The Kier molecular flexibility index (Phi) is 5.35. The van der Waals surface area contributed by atoms with Crippen molar-refractivity contribution in [2.45, 2.75) is 36.6 Å². The van der Waals surface area contributed by atoms with E-state index in [1.54, 1.807) is 23.1 Å². The van der Waals surface area contributed by atoms with Crippen LogP contribution >= 0.6 is 23.1 Å². The lowest BCUT2D eigenvalue weighted by Gasteiger charge is -2.11. The molecule has 0 saturated heterocycles. The van der Waals surface area contributed by atoms with E-state index < -0.39 is 0 Å². The van der Waals surface area contributed by atoms with Crippen molar-refractivity contribution in [3.63, 3.8) is 0 Å². The highest BCUT2D eigenvalue weighted by atomic mass is 32.2. The predicted molar refractivity (Wildman–Crippen MR) is 88.7 cm³/mol. The van der Waals surface area contributed by atoms with Crippen molar-refractivity contribution in [1.29, 1.82) is 0 Å². The van der Waals surface area contributed by atoms with Crippen molar-refractivity contribution < 1.29 is 0 Å². The zero-order chi connectivity index (χ0) is 15.4. The van der Waals surface area contributed by atoms with Crippen molar-refractivity contribution in [2.75, 3.05) is 30.9 Å². The minimum absolute atomic E-state index is 0.811. The summed E-state index contributed by atoms with van der Waals surface area (Å²) in [6.07, 6.45) is 0.811. The predicted octanol–water partition coefficient (Wildman–Crippen LogP) is 2.85. The number of aromatic nitrogens is 4. The molecular weight excluding hydrogens is 304 g/mol. The summed E-state index contributed by atoms with van der Waals surface area (Å²) < 4.78 is 0.894. The first-order valence-corrected chi connectivity index (χ1v) is 8.48. The first kappa shape index (κ1) is 16.0.